The highest BCUT2D eigenvalue weighted by atomic mass is 32.1. The number of carboxylic acid groups (broad SMARTS) is 1. The highest BCUT2D eigenvalue weighted by Crippen LogP contribution is 2.35. The smallest absolute Gasteiger partial charge is 0.308 e. The number of aryl methyl sites for hydroxylation is 1. The zero-order chi connectivity index (χ0) is 18.0. The van der Waals surface area contributed by atoms with Crippen LogP contribution in [0.4, 0.5) is 0 Å². The number of carboxylic acids is 1. The highest BCUT2D eigenvalue weighted by Gasteiger charge is 2.39. The number of hydrogen-bond donors (Lipinski definition) is 1. The number of hydrogen-bond acceptors (Lipinski definition) is 4. The first-order valence-electron chi connectivity index (χ1n) is 8.65. The summed E-state index contributed by atoms with van der Waals surface area (Å²) in [5.74, 6) is -0.947. The first kappa shape index (κ1) is 18.1. The Bertz CT molecular complexity index is 741. The van der Waals surface area contributed by atoms with E-state index in [1.54, 1.807) is 11.3 Å². The first-order valence-corrected chi connectivity index (χ1v) is 9.53. The van der Waals surface area contributed by atoms with E-state index >= 15 is 0 Å². The van der Waals surface area contributed by atoms with Crippen LogP contribution in [0.25, 0.3) is 0 Å². The molecule has 1 aliphatic rings. The number of thiophene rings is 1. The normalized spacial score (nSPS) is 21.1. The molecule has 134 valence electrons. The molecule has 0 saturated carbocycles. The molecule has 25 heavy (non-hydrogen) atoms. The van der Waals surface area contributed by atoms with Gasteiger partial charge in [-0.05, 0) is 49.2 Å². The first-order chi connectivity index (χ1) is 11.9. The van der Waals surface area contributed by atoms with Crippen molar-refractivity contribution >= 4 is 17.3 Å². The molecule has 2 aromatic rings. The van der Waals surface area contributed by atoms with Gasteiger partial charge in [0.05, 0.1) is 5.92 Å². The van der Waals surface area contributed by atoms with Gasteiger partial charge in [-0.2, -0.15) is 0 Å². The Balaban J connectivity index is 1.73. The summed E-state index contributed by atoms with van der Waals surface area (Å²) in [5, 5.41) is 11.9. The van der Waals surface area contributed by atoms with E-state index in [4.69, 9.17) is 0 Å². The van der Waals surface area contributed by atoms with Crippen LogP contribution in [0, 0.1) is 12.8 Å². The molecular formula is C20H26N2O2S. The Morgan fingerprint density at radius 2 is 2.08 bits per heavy atom. The number of rotatable bonds is 6. The average Bonchev–Trinajstić information content (AvgIpc) is 3.15. The van der Waals surface area contributed by atoms with Gasteiger partial charge in [-0.3, -0.25) is 9.69 Å². The molecule has 3 rings (SSSR count). The minimum atomic E-state index is -0.685. The van der Waals surface area contributed by atoms with Crippen LogP contribution in [0.1, 0.15) is 27.5 Å². The van der Waals surface area contributed by atoms with Crippen molar-refractivity contribution in [1.29, 1.82) is 0 Å². The molecule has 0 aliphatic carbocycles. The summed E-state index contributed by atoms with van der Waals surface area (Å²) in [7, 11) is 4.14. The van der Waals surface area contributed by atoms with E-state index in [0.29, 0.717) is 6.54 Å². The molecule has 0 spiro atoms. The van der Waals surface area contributed by atoms with Crippen molar-refractivity contribution in [3.05, 3.63) is 57.3 Å². The maximum Gasteiger partial charge on any atom is 0.308 e. The van der Waals surface area contributed by atoms with Gasteiger partial charge >= 0.3 is 5.97 Å². The molecule has 4 nitrogen and oxygen atoms in total. The van der Waals surface area contributed by atoms with Gasteiger partial charge in [0.1, 0.15) is 0 Å². The Labute approximate surface area is 153 Å². The lowest BCUT2D eigenvalue weighted by atomic mass is 9.86. The second-order valence-electron chi connectivity index (χ2n) is 7.26. The topological polar surface area (TPSA) is 43.8 Å². The molecule has 2 atom stereocenters. The third kappa shape index (κ3) is 4.29. The molecule has 0 bridgehead atoms. The molecule has 1 aliphatic heterocycles. The minimum Gasteiger partial charge on any atom is -0.481 e. The second kappa shape index (κ2) is 7.68. The summed E-state index contributed by atoms with van der Waals surface area (Å²) < 4.78 is 0. The summed E-state index contributed by atoms with van der Waals surface area (Å²) in [5.41, 5.74) is 3.69. The second-order valence-corrected chi connectivity index (χ2v) is 8.26. The molecule has 0 amide bonds. The van der Waals surface area contributed by atoms with Crippen LogP contribution in [0.5, 0.6) is 0 Å². The van der Waals surface area contributed by atoms with Gasteiger partial charge in [-0.25, -0.2) is 0 Å². The van der Waals surface area contributed by atoms with Gasteiger partial charge in [-0.15, -0.1) is 11.3 Å². The van der Waals surface area contributed by atoms with Crippen LogP contribution < -0.4 is 0 Å². The Hall–Kier alpha value is -1.69. The number of likely N-dealkylation sites (tertiary alicyclic amines) is 1. The van der Waals surface area contributed by atoms with E-state index < -0.39 is 5.97 Å². The van der Waals surface area contributed by atoms with Crippen molar-refractivity contribution in [2.45, 2.75) is 25.9 Å². The van der Waals surface area contributed by atoms with Crippen LogP contribution in [0.3, 0.4) is 0 Å². The lowest BCUT2D eigenvalue weighted by Gasteiger charge is -2.17. The predicted octanol–water partition coefficient (Wildman–Crippen LogP) is 3.42. The van der Waals surface area contributed by atoms with E-state index in [2.05, 4.69) is 54.4 Å². The molecule has 1 fully saturated rings. The van der Waals surface area contributed by atoms with Crippen LogP contribution in [-0.4, -0.2) is 48.1 Å². The summed E-state index contributed by atoms with van der Waals surface area (Å²) in [6.07, 6.45) is 0. The number of nitrogens with zero attached hydrogens (tertiary/aromatic N) is 2. The Morgan fingerprint density at radius 3 is 2.76 bits per heavy atom. The van der Waals surface area contributed by atoms with Crippen molar-refractivity contribution < 1.29 is 9.90 Å². The molecule has 0 unspecified atom stereocenters. The molecule has 5 heteroatoms. The molecule has 0 radical (unpaired) electrons. The van der Waals surface area contributed by atoms with Crippen LogP contribution >= 0.6 is 11.3 Å². The molecule has 1 aromatic heterocycles. The van der Waals surface area contributed by atoms with E-state index in [1.165, 1.54) is 21.6 Å². The Morgan fingerprint density at radius 1 is 1.32 bits per heavy atom. The number of aliphatic carboxylic acids is 1. The van der Waals surface area contributed by atoms with E-state index in [9.17, 15) is 9.90 Å². The lowest BCUT2D eigenvalue weighted by Crippen LogP contribution is -2.23. The van der Waals surface area contributed by atoms with Crippen molar-refractivity contribution in [2.75, 3.05) is 27.2 Å². The summed E-state index contributed by atoms with van der Waals surface area (Å²) in [6, 6.07) is 10.4. The summed E-state index contributed by atoms with van der Waals surface area (Å²) in [4.78, 5) is 17.6. The molecule has 1 saturated heterocycles. The van der Waals surface area contributed by atoms with Gasteiger partial charge in [-0.1, -0.05) is 24.3 Å². The van der Waals surface area contributed by atoms with Gasteiger partial charge in [0.15, 0.2) is 0 Å². The summed E-state index contributed by atoms with van der Waals surface area (Å²) >= 11 is 1.77. The SMILES string of the molecule is Cc1ccccc1[C@H]1CN(Cc2cc(CN(C)C)cs2)C[C@@H]1C(=O)O. The highest BCUT2D eigenvalue weighted by molar-refractivity contribution is 7.10. The molecular weight excluding hydrogens is 332 g/mol. The monoisotopic (exact) mass is 358 g/mol. The van der Waals surface area contributed by atoms with E-state index in [-0.39, 0.29) is 11.8 Å². The predicted molar refractivity (Wildman–Crippen MR) is 102 cm³/mol. The minimum absolute atomic E-state index is 0.0694. The zero-order valence-electron chi connectivity index (χ0n) is 15.1. The fraction of sp³-hybridized carbons (Fsp3) is 0.450. The van der Waals surface area contributed by atoms with E-state index in [0.717, 1.165) is 19.6 Å². The van der Waals surface area contributed by atoms with Crippen LogP contribution in [0.2, 0.25) is 0 Å². The fourth-order valence-corrected chi connectivity index (χ4v) is 4.68. The summed E-state index contributed by atoms with van der Waals surface area (Å²) in [6.45, 7) is 5.28. The molecule has 2 heterocycles. The van der Waals surface area contributed by atoms with Crippen LogP contribution in [-0.2, 0) is 17.9 Å². The van der Waals surface area contributed by atoms with Crippen molar-refractivity contribution in [3.63, 3.8) is 0 Å². The van der Waals surface area contributed by atoms with Crippen molar-refractivity contribution in [1.82, 2.24) is 9.80 Å². The number of benzene rings is 1. The zero-order valence-corrected chi connectivity index (χ0v) is 15.9. The van der Waals surface area contributed by atoms with Gasteiger partial charge in [0, 0.05) is 37.0 Å². The van der Waals surface area contributed by atoms with Gasteiger partial charge in [0.25, 0.3) is 0 Å². The lowest BCUT2D eigenvalue weighted by molar-refractivity contribution is -0.141. The molecule has 1 aromatic carbocycles. The fourth-order valence-electron chi connectivity index (χ4n) is 3.76. The average molecular weight is 359 g/mol. The van der Waals surface area contributed by atoms with Crippen molar-refractivity contribution in [2.24, 2.45) is 5.92 Å². The van der Waals surface area contributed by atoms with Gasteiger partial charge < -0.3 is 10.0 Å². The maximum atomic E-state index is 11.8. The van der Waals surface area contributed by atoms with E-state index in [1.807, 2.05) is 12.1 Å². The maximum absolute atomic E-state index is 11.8. The quantitative estimate of drug-likeness (QED) is 0.859. The third-order valence-electron chi connectivity index (χ3n) is 4.89. The standard InChI is InChI=1S/C20H26N2O2S/c1-14-6-4-5-7-17(14)18-11-22(12-19(18)20(23)24)10-16-8-15(13-25-16)9-21(2)3/h4-8,13,18-19H,9-12H2,1-3H3,(H,23,24)/t18-,19+/m1/s1. The largest absolute Gasteiger partial charge is 0.481 e. The number of carbonyl (C=O) groups is 1. The van der Waals surface area contributed by atoms with Gasteiger partial charge in [0.2, 0.25) is 0 Å². The third-order valence-corrected chi connectivity index (χ3v) is 5.86. The molecule has 1 N–H and O–H groups in total. The van der Waals surface area contributed by atoms with Crippen LogP contribution in [0.15, 0.2) is 35.7 Å². The van der Waals surface area contributed by atoms with Crippen molar-refractivity contribution in [3.8, 4) is 0 Å². The Kier molecular flexibility index (Phi) is 5.57.